The van der Waals surface area contributed by atoms with Crippen molar-refractivity contribution in [3.63, 3.8) is 0 Å². The van der Waals surface area contributed by atoms with E-state index in [1.807, 2.05) is 13.8 Å². The van der Waals surface area contributed by atoms with Gasteiger partial charge in [-0.15, -0.1) is 0 Å². The lowest BCUT2D eigenvalue weighted by molar-refractivity contribution is 0.480. The van der Waals surface area contributed by atoms with Gasteiger partial charge in [0.05, 0.1) is 11.2 Å². The first-order chi connectivity index (χ1) is 6.48. The molecule has 1 aromatic rings. The van der Waals surface area contributed by atoms with Gasteiger partial charge in [0.2, 0.25) is 0 Å². The van der Waals surface area contributed by atoms with E-state index in [0.29, 0.717) is 0 Å². The average Bonchev–Trinajstić information content (AvgIpc) is 2.45. The molecule has 0 aromatic carbocycles. The van der Waals surface area contributed by atoms with Crippen LogP contribution in [0.2, 0.25) is 0 Å². The van der Waals surface area contributed by atoms with Gasteiger partial charge in [-0.1, -0.05) is 6.92 Å². The molecule has 0 aliphatic heterocycles. The average molecular weight is 193 g/mol. The van der Waals surface area contributed by atoms with Gasteiger partial charge in [0.1, 0.15) is 0 Å². The molecule has 0 amide bonds. The molecule has 0 bridgehead atoms. The molecular formula is C11H19N3. The van der Waals surface area contributed by atoms with Crippen LogP contribution in [-0.2, 0) is 18.4 Å². The molecule has 1 atom stereocenters. The molecule has 1 unspecified atom stereocenters. The third kappa shape index (κ3) is 1.57. The fraction of sp³-hybridized carbons (Fsp3) is 0.727. The Bertz CT molecular complexity index is 333. The number of hydrogen-bond acceptors (Lipinski definition) is 2. The van der Waals surface area contributed by atoms with Gasteiger partial charge in [-0.05, 0) is 44.6 Å². The highest BCUT2D eigenvalue weighted by Crippen LogP contribution is 2.30. The largest absolute Gasteiger partial charge is 0.321 e. The molecule has 1 aliphatic rings. The summed E-state index contributed by atoms with van der Waals surface area (Å²) in [6, 6.07) is 0. The number of aromatic amines is 1. The first-order valence-corrected chi connectivity index (χ1v) is 5.34. The zero-order valence-corrected chi connectivity index (χ0v) is 9.22. The Kier molecular flexibility index (Phi) is 2.14. The minimum Gasteiger partial charge on any atom is -0.321 e. The molecule has 3 nitrogen and oxygen atoms in total. The summed E-state index contributed by atoms with van der Waals surface area (Å²) in [4.78, 5) is 0. The van der Waals surface area contributed by atoms with Gasteiger partial charge in [-0.2, -0.15) is 5.10 Å². The van der Waals surface area contributed by atoms with Gasteiger partial charge in [0, 0.05) is 5.69 Å². The van der Waals surface area contributed by atoms with E-state index < -0.39 is 0 Å². The van der Waals surface area contributed by atoms with Crippen molar-refractivity contribution in [2.24, 2.45) is 11.7 Å². The predicted molar refractivity (Wildman–Crippen MR) is 57.0 cm³/mol. The van der Waals surface area contributed by atoms with Crippen molar-refractivity contribution >= 4 is 0 Å². The van der Waals surface area contributed by atoms with E-state index >= 15 is 0 Å². The molecule has 2 rings (SSSR count). The molecule has 1 aromatic heterocycles. The van der Waals surface area contributed by atoms with Crippen molar-refractivity contribution in [1.82, 2.24) is 10.2 Å². The summed E-state index contributed by atoms with van der Waals surface area (Å²) in [5.74, 6) is 0.765. The SMILES string of the molecule is CC1CCc2[nH]nc(C(C)(C)N)c2C1. The van der Waals surface area contributed by atoms with E-state index in [4.69, 9.17) is 5.73 Å². The fourth-order valence-corrected chi connectivity index (χ4v) is 2.20. The van der Waals surface area contributed by atoms with Crippen molar-refractivity contribution in [2.45, 2.75) is 45.6 Å². The summed E-state index contributed by atoms with van der Waals surface area (Å²) in [5.41, 5.74) is 9.50. The smallest absolute Gasteiger partial charge is 0.0849 e. The predicted octanol–water partition coefficient (Wildman–Crippen LogP) is 1.73. The molecule has 0 spiro atoms. The Morgan fingerprint density at radius 2 is 2.21 bits per heavy atom. The summed E-state index contributed by atoms with van der Waals surface area (Å²) >= 11 is 0. The Balaban J connectivity index is 2.41. The van der Waals surface area contributed by atoms with Crippen molar-refractivity contribution in [3.8, 4) is 0 Å². The number of fused-ring (bicyclic) bond motifs is 1. The topological polar surface area (TPSA) is 54.7 Å². The number of nitrogens with zero attached hydrogens (tertiary/aromatic N) is 1. The molecule has 3 N–H and O–H groups in total. The van der Waals surface area contributed by atoms with E-state index in [-0.39, 0.29) is 5.54 Å². The lowest BCUT2D eigenvalue weighted by atomic mass is 9.84. The van der Waals surface area contributed by atoms with Gasteiger partial charge >= 0.3 is 0 Å². The molecule has 1 heterocycles. The summed E-state index contributed by atoms with van der Waals surface area (Å²) in [6.45, 7) is 6.33. The first kappa shape index (κ1) is 9.71. The van der Waals surface area contributed by atoms with E-state index in [2.05, 4.69) is 17.1 Å². The van der Waals surface area contributed by atoms with E-state index in [0.717, 1.165) is 24.5 Å². The summed E-state index contributed by atoms with van der Waals surface area (Å²) < 4.78 is 0. The number of nitrogens with two attached hydrogens (primary N) is 1. The van der Waals surface area contributed by atoms with Gasteiger partial charge < -0.3 is 5.73 Å². The van der Waals surface area contributed by atoms with Crippen molar-refractivity contribution in [1.29, 1.82) is 0 Å². The van der Waals surface area contributed by atoms with Crippen LogP contribution in [-0.4, -0.2) is 10.2 Å². The number of aromatic nitrogens is 2. The maximum absolute atomic E-state index is 6.09. The molecule has 0 saturated carbocycles. The van der Waals surface area contributed by atoms with Crippen LogP contribution in [0.4, 0.5) is 0 Å². The quantitative estimate of drug-likeness (QED) is 0.713. The van der Waals surface area contributed by atoms with E-state index in [9.17, 15) is 0 Å². The Hall–Kier alpha value is -0.830. The highest BCUT2D eigenvalue weighted by atomic mass is 15.1. The normalized spacial score (nSPS) is 22.1. The molecule has 78 valence electrons. The number of aryl methyl sites for hydroxylation is 1. The molecule has 1 aliphatic carbocycles. The second-order valence-electron chi connectivity index (χ2n) is 5.10. The molecule has 0 radical (unpaired) electrons. The van der Waals surface area contributed by atoms with Crippen molar-refractivity contribution in [2.75, 3.05) is 0 Å². The van der Waals surface area contributed by atoms with Crippen LogP contribution in [0.25, 0.3) is 0 Å². The number of rotatable bonds is 1. The van der Waals surface area contributed by atoms with Crippen LogP contribution >= 0.6 is 0 Å². The van der Waals surface area contributed by atoms with Crippen molar-refractivity contribution in [3.05, 3.63) is 17.0 Å². The standard InChI is InChI=1S/C11H19N3/c1-7-4-5-9-8(6-7)10(14-13-9)11(2,3)12/h7H,4-6,12H2,1-3H3,(H,13,14). The van der Waals surface area contributed by atoms with Gasteiger partial charge in [0.25, 0.3) is 0 Å². The number of nitrogens with one attached hydrogen (secondary N) is 1. The fourth-order valence-electron chi connectivity index (χ4n) is 2.20. The number of H-pyrrole nitrogens is 1. The van der Waals surface area contributed by atoms with Crippen LogP contribution < -0.4 is 5.73 Å². The minimum absolute atomic E-state index is 0.318. The molecule has 3 heteroatoms. The Morgan fingerprint density at radius 1 is 1.50 bits per heavy atom. The third-order valence-corrected chi connectivity index (χ3v) is 3.00. The van der Waals surface area contributed by atoms with Gasteiger partial charge in [-0.25, -0.2) is 0 Å². The highest BCUT2D eigenvalue weighted by molar-refractivity contribution is 5.32. The van der Waals surface area contributed by atoms with Gasteiger partial charge in [0.15, 0.2) is 0 Å². The minimum atomic E-state index is -0.318. The first-order valence-electron chi connectivity index (χ1n) is 5.34. The summed E-state index contributed by atoms with van der Waals surface area (Å²) in [5, 5.41) is 7.48. The van der Waals surface area contributed by atoms with E-state index in [1.165, 1.54) is 17.7 Å². The summed E-state index contributed by atoms with van der Waals surface area (Å²) in [6.07, 6.45) is 3.51. The third-order valence-electron chi connectivity index (χ3n) is 3.00. The van der Waals surface area contributed by atoms with Crippen LogP contribution in [0.5, 0.6) is 0 Å². The molecule has 0 saturated heterocycles. The Labute approximate surface area is 85.1 Å². The van der Waals surface area contributed by atoms with E-state index in [1.54, 1.807) is 0 Å². The molecule has 0 fully saturated rings. The molecular weight excluding hydrogens is 174 g/mol. The van der Waals surface area contributed by atoms with Crippen LogP contribution in [0.3, 0.4) is 0 Å². The summed E-state index contributed by atoms with van der Waals surface area (Å²) in [7, 11) is 0. The van der Waals surface area contributed by atoms with Crippen molar-refractivity contribution < 1.29 is 0 Å². The van der Waals surface area contributed by atoms with Crippen LogP contribution in [0.1, 0.15) is 44.1 Å². The second kappa shape index (κ2) is 3.09. The van der Waals surface area contributed by atoms with Gasteiger partial charge in [-0.3, -0.25) is 5.10 Å². The highest BCUT2D eigenvalue weighted by Gasteiger charge is 2.27. The monoisotopic (exact) mass is 193 g/mol. The zero-order chi connectivity index (χ0) is 10.3. The second-order valence-corrected chi connectivity index (χ2v) is 5.10. The lowest BCUT2D eigenvalue weighted by Crippen LogP contribution is -2.31. The maximum atomic E-state index is 6.09. The molecule has 14 heavy (non-hydrogen) atoms. The number of hydrogen-bond donors (Lipinski definition) is 2. The lowest BCUT2D eigenvalue weighted by Gasteiger charge is -2.22. The van der Waals surface area contributed by atoms with Crippen LogP contribution in [0, 0.1) is 5.92 Å². The van der Waals surface area contributed by atoms with Crippen LogP contribution in [0.15, 0.2) is 0 Å². The maximum Gasteiger partial charge on any atom is 0.0849 e. The Morgan fingerprint density at radius 3 is 2.86 bits per heavy atom. The zero-order valence-electron chi connectivity index (χ0n) is 9.22.